The summed E-state index contributed by atoms with van der Waals surface area (Å²) in [5.41, 5.74) is 2.55. The Kier molecular flexibility index (Phi) is 8.24. The molecule has 1 aromatic heterocycles. The number of rotatable bonds is 10. The van der Waals surface area contributed by atoms with Gasteiger partial charge in [0.05, 0.1) is 19.4 Å². The summed E-state index contributed by atoms with van der Waals surface area (Å²) in [6, 6.07) is 17.4. The van der Waals surface area contributed by atoms with Crippen molar-refractivity contribution in [3.63, 3.8) is 0 Å². The summed E-state index contributed by atoms with van der Waals surface area (Å²) in [4.78, 5) is 36.3. The SMILES string of the molecule is CC(C)CC(=O)Nc1ccc(NCC(=O)Nc2ccc(C(=O)NCc3ccco3)cc2)cc1. The summed E-state index contributed by atoms with van der Waals surface area (Å²) in [6.07, 6.45) is 2.02. The molecule has 0 spiro atoms. The molecule has 0 fully saturated rings. The van der Waals surface area contributed by atoms with E-state index in [0.717, 1.165) is 5.69 Å². The molecule has 33 heavy (non-hydrogen) atoms. The van der Waals surface area contributed by atoms with E-state index in [2.05, 4.69) is 21.3 Å². The molecule has 0 aliphatic heterocycles. The van der Waals surface area contributed by atoms with E-state index in [-0.39, 0.29) is 24.3 Å². The lowest BCUT2D eigenvalue weighted by Gasteiger charge is -2.10. The van der Waals surface area contributed by atoms with Crippen LogP contribution in [0.25, 0.3) is 0 Å². The molecule has 0 saturated carbocycles. The fourth-order valence-corrected chi connectivity index (χ4v) is 3.03. The van der Waals surface area contributed by atoms with Crippen LogP contribution in [0.15, 0.2) is 71.3 Å². The third kappa shape index (κ3) is 7.84. The second-order valence-corrected chi connectivity index (χ2v) is 7.96. The van der Waals surface area contributed by atoms with Gasteiger partial charge in [-0.1, -0.05) is 13.8 Å². The predicted molar refractivity (Wildman–Crippen MR) is 128 cm³/mol. The first-order valence-electron chi connectivity index (χ1n) is 10.7. The van der Waals surface area contributed by atoms with Gasteiger partial charge in [0.15, 0.2) is 0 Å². The maximum atomic E-state index is 12.2. The van der Waals surface area contributed by atoms with E-state index in [1.807, 2.05) is 13.8 Å². The highest BCUT2D eigenvalue weighted by atomic mass is 16.3. The molecule has 0 saturated heterocycles. The van der Waals surface area contributed by atoms with Crippen LogP contribution in [0.1, 0.15) is 36.4 Å². The van der Waals surface area contributed by atoms with Gasteiger partial charge in [-0.05, 0) is 66.6 Å². The Hall–Kier alpha value is -4.07. The van der Waals surface area contributed by atoms with Gasteiger partial charge < -0.3 is 25.7 Å². The van der Waals surface area contributed by atoms with Gasteiger partial charge in [-0.3, -0.25) is 14.4 Å². The number of nitrogens with one attached hydrogen (secondary N) is 4. The molecule has 8 nitrogen and oxygen atoms in total. The van der Waals surface area contributed by atoms with E-state index in [1.54, 1.807) is 66.9 Å². The van der Waals surface area contributed by atoms with Crippen molar-refractivity contribution in [1.82, 2.24) is 5.32 Å². The number of anilines is 3. The predicted octanol–water partition coefficient (Wildman–Crippen LogP) is 4.24. The van der Waals surface area contributed by atoms with Crippen molar-refractivity contribution in [3.8, 4) is 0 Å². The number of hydrogen-bond donors (Lipinski definition) is 4. The smallest absolute Gasteiger partial charge is 0.251 e. The monoisotopic (exact) mass is 448 g/mol. The first kappa shape index (κ1) is 23.6. The van der Waals surface area contributed by atoms with Crippen LogP contribution in [0, 0.1) is 5.92 Å². The van der Waals surface area contributed by atoms with Crippen LogP contribution in [0.2, 0.25) is 0 Å². The minimum Gasteiger partial charge on any atom is -0.467 e. The maximum Gasteiger partial charge on any atom is 0.251 e. The van der Waals surface area contributed by atoms with Gasteiger partial charge >= 0.3 is 0 Å². The second kappa shape index (κ2) is 11.5. The van der Waals surface area contributed by atoms with E-state index in [9.17, 15) is 14.4 Å². The van der Waals surface area contributed by atoms with E-state index < -0.39 is 0 Å². The molecule has 172 valence electrons. The summed E-state index contributed by atoms with van der Waals surface area (Å²) in [6.45, 7) is 4.37. The molecule has 0 bridgehead atoms. The lowest BCUT2D eigenvalue weighted by molar-refractivity contribution is -0.117. The van der Waals surface area contributed by atoms with Gasteiger partial charge in [0.25, 0.3) is 5.91 Å². The first-order valence-corrected chi connectivity index (χ1v) is 10.7. The van der Waals surface area contributed by atoms with Gasteiger partial charge in [0.2, 0.25) is 11.8 Å². The Morgan fingerprint density at radius 1 is 0.818 bits per heavy atom. The first-order chi connectivity index (χ1) is 15.9. The van der Waals surface area contributed by atoms with Crippen LogP contribution in [0.4, 0.5) is 17.1 Å². The minimum atomic E-state index is -0.227. The average Bonchev–Trinajstić information content (AvgIpc) is 3.31. The highest BCUT2D eigenvalue weighted by Crippen LogP contribution is 2.15. The second-order valence-electron chi connectivity index (χ2n) is 7.96. The molecule has 3 amide bonds. The van der Waals surface area contributed by atoms with Crippen LogP contribution in [-0.2, 0) is 16.1 Å². The molecule has 4 N–H and O–H groups in total. The zero-order valence-corrected chi connectivity index (χ0v) is 18.7. The Balaban J connectivity index is 1.42. The summed E-state index contributed by atoms with van der Waals surface area (Å²) < 4.78 is 5.19. The molecule has 0 unspecified atom stereocenters. The lowest BCUT2D eigenvalue weighted by Crippen LogP contribution is -2.23. The van der Waals surface area contributed by atoms with Crippen molar-refractivity contribution in [1.29, 1.82) is 0 Å². The largest absolute Gasteiger partial charge is 0.467 e. The topological polar surface area (TPSA) is 112 Å². The highest BCUT2D eigenvalue weighted by molar-refractivity contribution is 5.96. The zero-order valence-electron chi connectivity index (χ0n) is 18.7. The Labute approximate surface area is 192 Å². The van der Waals surface area contributed by atoms with E-state index in [1.165, 1.54) is 0 Å². The molecule has 0 aliphatic carbocycles. The van der Waals surface area contributed by atoms with Gasteiger partial charge in [0, 0.05) is 29.0 Å². The molecule has 2 aromatic carbocycles. The third-order valence-electron chi connectivity index (χ3n) is 4.65. The highest BCUT2D eigenvalue weighted by Gasteiger charge is 2.08. The van der Waals surface area contributed by atoms with Gasteiger partial charge in [-0.2, -0.15) is 0 Å². The Morgan fingerprint density at radius 3 is 2.03 bits per heavy atom. The maximum absolute atomic E-state index is 12.2. The van der Waals surface area contributed by atoms with Crippen LogP contribution in [0.5, 0.6) is 0 Å². The summed E-state index contributed by atoms with van der Waals surface area (Å²) in [5.74, 6) is 0.496. The van der Waals surface area contributed by atoms with Crippen LogP contribution < -0.4 is 21.3 Å². The van der Waals surface area contributed by atoms with Gasteiger partial charge in [0.1, 0.15) is 5.76 Å². The normalized spacial score (nSPS) is 10.5. The third-order valence-corrected chi connectivity index (χ3v) is 4.65. The molecule has 0 atom stereocenters. The molecular formula is C25H28N4O4. The van der Waals surface area contributed by atoms with Crippen molar-refractivity contribution >= 4 is 34.8 Å². The van der Waals surface area contributed by atoms with Crippen LogP contribution in [0.3, 0.4) is 0 Å². The van der Waals surface area contributed by atoms with E-state index in [4.69, 9.17) is 4.42 Å². The van der Waals surface area contributed by atoms with Crippen LogP contribution in [-0.4, -0.2) is 24.3 Å². The number of benzene rings is 2. The number of amides is 3. The molecule has 8 heteroatoms. The molecule has 1 heterocycles. The summed E-state index contributed by atoms with van der Waals surface area (Å²) in [7, 11) is 0. The molecule has 0 aliphatic rings. The van der Waals surface area contributed by atoms with Crippen molar-refractivity contribution in [2.75, 3.05) is 22.5 Å². The minimum absolute atomic E-state index is 0.0221. The van der Waals surface area contributed by atoms with Crippen molar-refractivity contribution < 1.29 is 18.8 Å². The lowest BCUT2D eigenvalue weighted by atomic mass is 10.1. The number of carbonyl (C=O) groups excluding carboxylic acids is 3. The van der Waals surface area contributed by atoms with Crippen molar-refractivity contribution in [2.45, 2.75) is 26.8 Å². The zero-order chi connectivity index (χ0) is 23.6. The fourth-order valence-electron chi connectivity index (χ4n) is 3.03. The summed E-state index contributed by atoms with van der Waals surface area (Å²) >= 11 is 0. The number of hydrogen-bond acceptors (Lipinski definition) is 5. The average molecular weight is 449 g/mol. The van der Waals surface area contributed by atoms with Crippen molar-refractivity contribution in [2.24, 2.45) is 5.92 Å². The Bertz CT molecular complexity index is 1060. The number of furan rings is 1. The van der Waals surface area contributed by atoms with Gasteiger partial charge in [-0.25, -0.2) is 0 Å². The fraction of sp³-hybridized carbons (Fsp3) is 0.240. The van der Waals surface area contributed by atoms with E-state index >= 15 is 0 Å². The van der Waals surface area contributed by atoms with Crippen molar-refractivity contribution in [3.05, 3.63) is 78.3 Å². The summed E-state index contributed by atoms with van der Waals surface area (Å²) in [5, 5.41) is 11.4. The van der Waals surface area contributed by atoms with Gasteiger partial charge in [-0.15, -0.1) is 0 Å². The Morgan fingerprint density at radius 2 is 1.42 bits per heavy atom. The number of carbonyl (C=O) groups is 3. The van der Waals surface area contributed by atoms with E-state index in [0.29, 0.717) is 41.6 Å². The van der Waals surface area contributed by atoms with Crippen LogP contribution >= 0.6 is 0 Å². The standard InChI is InChI=1S/C25H28N4O4/c1-17(2)14-23(30)28-21-11-9-19(10-12-21)26-16-24(31)29-20-7-5-18(6-8-20)25(32)27-15-22-4-3-13-33-22/h3-13,17,26H,14-16H2,1-2H3,(H,27,32)(H,28,30)(H,29,31). The molecule has 3 aromatic rings. The quantitative estimate of drug-likeness (QED) is 0.371. The molecule has 3 rings (SSSR count). The molecular weight excluding hydrogens is 420 g/mol. The molecule has 0 radical (unpaired) electrons.